The number of esters is 2. The van der Waals surface area contributed by atoms with E-state index in [1.165, 1.54) is 55.6 Å². The second-order valence-corrected chi connectivity index (χ2v) is 8.42. The number of rotatable bonds is 7. The number of ether oxygens (including phenoxy) is 3. The summed E-state index contributed by atoms with van der Waals surface area (Å²) in [6, 6.07) is 0. The van der Waals surface area contributed by atoms with Crippen LogP contribution in [-0.2, 0) is 72.3 Å². The van der Waals surface area contributed by atoms with Gasteiger partial charge in [0.15, 0.2) is 5.97 Å². The molecule has 0 atom stereocenters. The smallest absolute Gasteiger partial charge is 0.172 e. The van der Waals surface area contributed by atoms with Gasteiger partial charge < -0.3 is 30.2 Å². The molecule has 2 aromatic carbocycles. The van der Waals surface area contributed by atoms with Crippen molar-refractivity contribution in [2.24, 2.45) is 0 Å². The van der Waals surface area contributed by atoms with E-state index in [2.05, 4.69) is 90.2 Å². The molecule has 0 aliphatic rings. The molecule has 2 aromatic rings. The Morgan fingerprint density at radius 3 is 1.26 bits per heavy atom. The van der Waals surface area contributed by atoms with Crippen molar-refractivity contribution < 1.29 is 72.3 Å². The Hall–Kier alpha value is -2.23. The average molecular weight is 720 g/mol. The normalized spacial score (nSPS) is 8.82. The zero-order valence-electron chi connectivity index (χ0n) is 25.1. The minimum absolute atomic E-state index is 0. The van der Waals surface area contributed by atoms with E-state index < -0.39 is 18.0 Å². The third kappa shape index (κ3) is 13.6. The van der Waals surface area contributed by atoms with Crippen LogP contribution in [0.25, 0.3) is 0 Å². The van der Waals surface area contributed by atoms with Crippen LogP contribution >= 0.6 is 0 Å². The van der Waals surface area contributed by atoms with Gasteiger partial charge in [-0.2, -0.15) is 55.6 Å². The zero-order chi connectivity index (χ0) is 29.5. The summed E-state index contributed by atoms with van der Waals surface area (Å²) < 4.78 is 13.2. The molecule has 0 amide bonds. The Morgan fingerprint density at radius 1 is 0.744 bits per heavy atom. The fourth-order valence-corrected chi connectivity index (χ4v) is 3.48. The fraction of sp³-hybridized carbons (Fsp3) is 0.467. The minimum atomic E-state index is -0.922. The molecule has 0 unspecified atom stereocenters. The number of hydrogen-bond donors (Lipinski definition) is 0. The summed E-state index contributed by atoms with van der Waals surface area (Å²) >= 11 is 0. The monoisotopic (exact) mass is 720 g/mol. The van der Waals surface area contributed by atoms with Crippen LogP contribution in [0.4, 0.5) is 0 Å². The number of carbonyl (C=O) groups excluding carboxylic acids is 4. The first-order chi connectivity index (χ1) is 17.3. The average Bonchev–Trinajstić information content (AvgIpc) is 3.15. The van der Waals surface area contributed by atoms with Crippen molar-refractivity contribution in [2.75, 3.05) is 13.2 Å². The number of carbonyl (C=O) groups is 2. The topological polar surface area (TPSA) is 96.0 Å². The summed E-state index contributed by atoms with van der Waals surface area (Å²) in [4.78, 5) is 39.7. The van der Waals surface area contributed by atoms with Gasteiger partial charge in [0.25, 0.3) is 0 Å². The largest absolute Gasteiger partial charge is 0.810 e. The Balaban J connectivity index is -0.000000228. The third-order valence-corrected chi connectivity index (χ3v) is 6.79. The van der Waals surface area contributed by atoms with Crippen molar-refractivity contribution in [1.29, 1.82) is 0 Å². The molecule has 7 nitrogen and oxygen atoms in total. The number of hydrogen-bond acceptors (Lipinski definition) is 7. The second-order valence-electron chi connectivity index (χ2n) is 8.42. The van der Waals surface area contributed by atoms with Crippen LogP contribution in [-0.4, -0.2) is 38.4 Å². The van der Waals surface area contributed by atoms with E-state index in [0.29, 0.717) is 0 Å². The van der Waals surface area contributed by atoms with Crippen LogP contribution in [0.3, 0.4) is 0 Å². The predicted octanol–water partition coefficient (Wildman–Crippen LogP) is 5.55. The Labute approximate surface area is 261 Å². The molecule has 0 bridgehead atoms. The molecular weight excluding hydrogens is 678 g/mol. The van der Waals surface area contributed by atoms with Crippen LogP contribution in [0, 0.1) is 81.8 Å². The maximum atomic E-state index is 11.1. The van der Waals surface area contributed by atoms with E-state index in [0.717, 1.165) is 12.9 Å². The van der Waals surface area contributed by atoms with Crippen molar-refractivity contribution in [3.63, 3.8) is 0 Å². The van der Waals surface area contributed by atoms with Gasteiger partial charge >= 0.3 is 0 Å². The fourth-order valence-electron chi connectivity index (χ4n) is 3.48. The van der Waals surface area contributed by atoms with Crippen LogP contribution in [0.2, 0.25) is 0 Å². The molecule has 9 heteroatoms. The maximum Gasteiger partial charge on any atom is 0.172 e. The quantitative estimate of drug-likeness (QED) is 0.122. The van der Waals surface area contributed by atoms with E-state index >= 15 is 0 Å². The van der Waals surface area contributed by atoms with E-state index in [1.54, 1.807) is 13.8 Å². The van der Waals surface area contributed by atoms with Gasteiger partial charge in [0.1, 0.15) is 5.97 Å². The van der Waals surface area contributed by atoms with Crippen LogP contribution in [0.15, 0.2) is 0 Å². The molecule has 0 fully saturated rings. The summed E-state index contributed by atoms with van der Waals surface area (Å²) in [5, 5.41) is 0. The van der Waals surface area contributed by atoms with Crippen molar-refractivity contribution in [3.05, 3.63) is 68.2 Å². The molecular formula is C30H42O7Rh2-6. The third-order valence-electron chi connectivity index (χ3n) is 6.79. The molecule has 0 heterocycles. The molecule has 0 aliphatic carbocycles. The molecule has 2 rings (SSSR count). The van der Waals surface area contributed by atoms with Crippen molar-refractivity contribution in [2.45, 2.75) is 83.1 Å². The van der Waals surface area contributed by atoms with E-state index in [1.807, 2.05) is 0 Å². The van der Waals surface area contributed by atoms with E-state index in [4.69, 9.17) is 4.79 Å². The van der Waals surface area contributed by atoms with Crippen molar-refractivity contribution in [3.8, 4) is 0 Å². The summed E-state index contributed by atoms with van der Waals surface area (Å²) in [7, 11) is 0. The molecule has 0 saturated heterocycles. The molecule has 2 radical (unpaired) electrons. The van der Waals surface area contributed by atoms with Gasteiger partial charge in [-0.05, 0) is 13.8 Å². The van der Waals surface area contributed by atoms with Crippen molar-refractivity contribution in [1.82, 2.24) is 0 Å². The first-order valence-corrected chi connectivity index (χ1v) is 12.0. The van der Waals surface area contributed by atoms with E-state index in [-0.39, 0.29) is 52.2 Å². The summed E-state index contributed by atoms with van der Waals surface area (Å²) in [6.07, 6.45) is 0.178. The summed E-state index contributed by atoms with van der Waals surface area (Å²) in [5.74, 6) is -1.72. The van der Waals surface area contributed by atoms with Gasteiger partial charge in [0, 0.05) is 39.0 Å². The summed E-state index contributed by atoms with van der Waals surface area (Å²) in [5.41, 5.74) is 14.7. The van der Waals surface area contributed by atoms with Crippen LogP contribution in [0.5, 0.6) is 0 Å². The van der Waals surface area contributed by atoms with Crippen molar-refractivity contribution >= 4 is 25.2 Å². The van der Waals surface area contributed by atoms with E-state index in [9.17, 15) is 14.4 Å². The molecule has 0 aliphatic heterocycles. The molecule has 0 N–H and O–H groups in total. The SMILES string of the molecule is CCOC(=O)[CH-][C-](O[C-]=O)C(=O)OCC.Cc1c(C)c(C)[c-](C)c1C.Cc1c(C)c(C)[c-](C)c1C.[CH-]=O.[Rh].[Rh]. The summed E-state index contributed by atoms with van der Waals surface area (Å²) in [6.45, 7) is 29.7. The molecule has 0 spiro atoms. The Bertz CT molecular complexity index is 803. The Kier molecular flexibility index (Phi) is 25.4. The second kappa shape index (κ2) is 22.6. The molecule has 228 valence electrons. The van der Waals surface area contributed by atoms with Gasteiger partial charge in [-0.3, -0.25) is 22.5 Å². The first kappa shape index (κ1) is 43.8. The van der Waals surface area contributed by atoms with Gasteiger partial charge in [0.05, 0.1) is 13.2 Å². The maximum absolute atomic E-state index is 11.1. The van der Waals surface area contributed by atoms with Crippen LogP contribution in [0.1, 0.15) is 69.5 Å². The van der Waals surface area contributed by atoms with Crippen LogP contribution < -0.4 is 0 Å². The minimum Gasteiger partial charge on any atom is -0.810 e. The standard InChI is InChI=1S/2C10H15.C9H11O6.CHO.2Rh/c2*1-6-7(2)9(4)10(5)8(6)3;1-3-13-8(11)5-7(15-6-10)9(12)14-4-2;1-2;;/h2*1-5H3;5H,3-4H2,1-2H3;1H;;/q2*-1;-3;-1;;. The molecule has 0 saturated carbocycles. The van der Waals surface area contributed by atoms with Gasteiger partial charge in [-0.1, -0.05) is 69.2 Å². The predicted molar refractivity (Wildman–Crippen MR) is 146 cm³/mol. The molecule has 0 aromatic heterocycles. The Morgan fingerprint density at radius 2 is 1.05 bits per heavy atom. The van der Waals surface area contributed by atoms with Gasteiger partial charge in [-0.25, -0.2) is 0 Å². The van der Waals surface area contributed by atoms with Gasteiger partial charge in [-0.15, -0.1) is 6.47 Å². The molecule has 39 heavy (non-hydrogen) atoms. The zero-order valence-corrected chi connectivity index (χ0v) is 28.4. The van der Waals surface area contributed by atoms with Gasteiger partial charge in [0.2, 0.25) is 0 Å². The first-order valence-electron chi connectivity index (χ1n) is 12.0.